The first kappa shape index (κ1) is 19.1. The lowest BCUT2D eigenvalue weighted by molar-refractivity contribution is -0.117. The summed E-state index contributed by atoms with van der Waals surface area (Å²) in [6, 6.07) is 27.7. The molecular formula is C24H21NO3. The Bertz CT molecular complexity index is 965. The summed E-state index contributed by atoms with van der Waals surface area (Å²) < 4.78 is 5.86. The predicted molar refractivity (Wildman–Crippen MR) is 109 cm³/mol. The van der Waals surface area contributed by atoms with Crippen LogP contribution in [-0.4, -0.2) is 11.7 Å². The number of benzene rings is 3. The number of rotatable bonds is 7. The van der Waals surface area contributed by atoms with Crippen molar-refractivity contribution in [2.24, 2.45) is 0 Å². The van der Waals surface area contributed by atoms with E-state index in [1.54, 1.807) is 24.3 Å². The van der Waals surface area contributed by atoms with Gasteiger partial charge in [-0.05, 0) is 17.7 Å². The van der Waals surface area contributed by atoms with Crippen molar-refractivity contribution in [2.75, 3.05) is 0 Å². The second-order valence-corrected chi connectivity index (χ2v) is 6.22. The van der Waals surface area contributed by atoms with E-state index in [1.807, 2.05) is 66.7 Å². The van der Waals surface area contributed by atoms with Crippen LogP contribution in [-0.2, 0) is 16.1 Å². The van der Waals surface area contributed by atoms with Gasteiger partial charge in [-0.3, -0.25) is 9.59 Å². The van der Waals surface area contributed by atoms with Crippen LogP contribution < -0.4 is 5.32 Å². The normalized spacial score (nSPS) is 11.3. The van der Waals surface area contributed by atoms with E-state index in [1.165, 1.54) is 6.92 Å². The average Bonchev–Trinajstić information content (AvgIpc) is 2.74. The maximum atomic E-state index is 12.7. The van der Waals surface area contributed by atoms with Crippen molar-refractivity contribution in [3.63, 3.8) is 0 Å². The van der Waals surface area contributed by atoms with Gasteiger partial charge in [0.15, 0.2) is 11.5 Å². The minimum absolute atomic E-state index is 0.124. The van der Waals surface area contributed by atoms with Crippen molar-refractivity contribution in [1.29, 1.82) is 0 Å². The highest BCUT2D eigenvalue weighted by Crippen LogP contribution is 2.20. The van der Waals surface area contributed by atoms with Crippen molar-refractivity contribution in [1.82, 2.24) is 5.32 Å². The standard InChI is InChI=1S/C24H21NO3/c1-18(26)23(28-17-19-11-5-2-6-12-19)22(20-13-7-3-8-14-20)25-24(27)21-15-9-4-10-16-21/h2-16H,17H2,1H3,(H,25,27)/b23-22+. The third-order valence-electron chi connectivity index (χ3n) is 4.11. The first-order valence-electron chi connectivity index (χ1n) is 8.99. The molecule has 0 aliphatic rings. The maximum Gasteiger partial charge on any atom is 0.255 e. The number of hydrogen-bond acceptors (Lipinski definition) is 3. The van der Waals surface area contributed by atoms with Gasteiger partial charge < -0.3 is 10.1 Å². The van der Waals surface area contributed by atoms with E-state index >= 15 is 0 Å². The summed E-state index contributed by atoms with van der Waals surface area (Å²) in [5.41, 5.74) is 2.49. The fourth-order valence-corrected chi connectivity index (χ4v) is 2.72. The Balaban J connectivity index is 1.96. The molecule has 1 N–H and O–H groups in total. The molecule has 3 rings (SSSR count). The van der Waals surface area contributed by atoms with Gasteiger partial charge >= 0.3 is 0 Å². The molecule has 0 saturated heterocycles. The van der Waals surface area contributed by atoms with E-state index in [0.717, 1.165) is 5.56 Å². The summed E-state index contributed by atoms with van der Waals surface area (Å²) in [4.78, 5) is 25.1. The Hall–Kier alpha value is -3.66. The molecule has 0 aliphatic carbocycles. The Kier molecular flexibility index (Phi) is 6.37. The van der Waals surface area contributed by atoms with E-state index in [2.05, 4.69) is 5.32 Å². The first-order chi connectivity index (χ1) is 13.6. The molecule has 0 aromatic heterocycles. The minimum atomic E-state index is -0.304. The molecule has 0 unspecified atom stereocenters. The number of ketones is 1. The smallest absolute Gasteiger partial charge is 0.255 e. The highest BCUT2D eigenvalue weighted by atomic mass is 16.5. The van der Waals surface area contributed by atoms with Gasteiger partial charge in [-0.15, -0.1) is 0 Å². The summed E-state index contributed by atoms with van der Waals surface area (Å²) in [7, 11) is 0. The highest BCUT2D eigenvalue weighted by molar-refractivity contribution is 6.05. The number of Topliss-reactive ketones (excluding diaryl/α,β-unsaturated/α-hetero) is 1. The fraction of sp³-hybridized carbons (Fsp3) is 0.0833. The SMILES string of the molecule is CC(=O)/C(OCc1ccccc1)=C(\NC(=O)c1ccccc1)c1ccccc1. The van der Waals surface area contributed by atoms with E-state index in [4.69, 9.17) is 4.74 Å². The lowest BCUT2D eigenvalue weighted by Crippen LogP contribution is -2.25. The monoisotopic (exact) mass is 371 g/mol. The largest absolute Gasteiger partial charge is 0.483 e. The highest BCUT2D eigenvalue weighted by Gasteiger charge is 2.19. The molecule has 3 aromatic rings. The molecule has 4 heteroatoms. The molecule has 0 radical (unpaired) electrons. The number of nitrogens with one attached hydrogen (secondary N) is 1. The molecule has 28 heavy (non-hydrogen) atoms. The molecule has 0 saturated carbocycles. The molecule has 3 aromatic carbocycles. The Labute approximate surface area is 164 Å². The van der Waals surface area contributed by atoms with E-state index < -0.39 is 0 Å². The molecule has 0 spiro atoms. The van der Waals surface area contributed by atoms with Crippen molar-refractivity contribution in [3.8, 4) is 0 Å². The van der Waals surface area contributed by atoms with Crippen LogP contribution in [0.4, 0.5) is 0 Å². The van der Waals surface area contributed by atoms with Gasteiger partial charge in [0.1, 0.15) is 6.61 Å². The summed E-state index contributed by atoms with van der Waals surface area (Å²) in [6.45, 7) is 1.66. The zero-order valence-electron chi connectivity index (χ0n) is 15.6. The van der Waals surface area contributed by atoms with Gasteiger partial charge in [-0.25, -0.2) is 0 Å². The number of carbonyl (C=O) groups excluding carboxylic acids is 2. The zero-order chi connectivity index (χ0) is 19.8. The fourth-order valence-electron chi connectivity index (χ4n) is 2.72. The van der Waals surface area contributed by atoms with Gasteiger partial charge in [0, 0.05) is 18.1 Å². The van der Waals surface area contributed by atoms with Crippen molar-refractivity contribution < 1.29 is 14.3 Å². The second-order valence-electron chi connectivity index (χ2n) is 6.22. The number of hydrogen-bond donors (Lipinski definition) is 1. The predicted octanol–water partition coefficient (Wildman–Crippen LogP) is 4.59. The van der Waals surface area contributed by atoms with E-state index in [-0.39, 0.29) is 24.1 Å². The molecule has 0 atom stereocenters. The van der Waals surface area contributed by atoms with Crippen molar-refractivity contribution in [3.05, 3.63) is 113 Å². The molecule has 4 nitrogen and oxygen atoms in total. The van der Waals surface area contributed by atoms with Crippen molar-refractivity contribution in [2.45, 2.75) is 13.5 Å². The van der Waals surface area contributed by atoms with Gasteiger partial charge in [-0.1, -0.05) is 78.9 Å². The number of carbonyl (C=O) groups is 2. The van der Waals surface area contributed by atoms with E-state index in [0.29, 0.717) is 16.8 Å². The quantitative estimate of drug-likeness (QED) is 0.488. The van der Waals surface area contributed by atoms with Crippen LogP contribution in [0.2, 0.25) is 0 Å². The van der Waals surface area contributed by atoms with Crippen LogP contribution in [0.1, 0.15) is 28.4 Å². The Morgan fingerprint density at radius 1 is 0.750 bits per heavy atom. The lowest BCUT2D eigenvalue weighted by atomic mass is 10.1. The first-order valence-corrected chi connectivity index (χ1v) is 8.99. The van der Waals surface area contributed by atoms with Crippen LogP contribution in [0.25, 0.3) is 5.70 Å². The minimum Gasteiger partial charge on any atom is -0.483 e. The summed E-state index contributed by atoms with van der Waals surface area (Å²) >= 11 is 0. The topological polar surface area (TPSA) is 55.4 Å². The van der Waals surface area contributed by atoms with Crippen LogP contribution in [0, 0.1) is 0 Å². The lowest BCUT2D eigenvalue weighted by Gasteiger charge is -2.16. The molecule has 140 valence electrons. The molecule has 1 amide bonds. The van der Waals surface area contributed by atoms with Crippen LogP contribution in [0.5, 0.6) is 0 Å². The Morgan fingerprint density at radius 3 is 1.79 bits per heavy atom. The second kappa shape index (κ2) is 9.33. The third kappa shape index (κ3) is 4.95. The molecule has 0 heterocycles. The van der Waals surface area contributed by atoms with Crippen molar-refractivity contribution >= 4 is 17.4 Å². The van der Waals surface area contributed by atoms with Crippen LogP contribution in [0.15, 0.2) is 96.8 Å². The zero-order valence-corrected chi connectivity index (χ0v) is 15.6. The number of allylic oxidation sites excluding steroid dienone is 1. The molecular weight excluding hydrogens is 350 g/mol. The Morgan fingerprint density at radius 2 is 1.25 bits per heavy atom. The third-order valence-corrected chi connectivity index (χ3v) is 4.11. The van der Waals surface area contributed by atoms with Gasteiger partial charge in [0.05, 0.1) is 5.70 Å². The van der Waals surface area contributed by atoms with Crippen LogP contribution in [0.3, 0.4) is 0 Å². The van der Waals surface area contributed by atoms with Crippen LogP contribution >= 0.6 is 0 Å². The van der Waals surface area contributed by atoms with Gasteiger partial charge in [-0.2, -0.15) is 0 Å². The summed E-state index contributed by atoms with van der Waals surface area (Å²) in [5, 5.41) is 2.86. The number of amides is 1. The molecule has 0 aliphatic heterocycles. The van der Waals surface area contributed by atoms with Gasteiger partial charge in [0.2, 0.25) is 0 Å². The van der Waals surface area contributed by atoms with E-state index in [9.17, 15) is 9.59 Å². The molecule has 0 fully saturated rings. The molecule has 0 bridgehead atoms. The van der Waals surface area contributed by atoms with Gasteiger partial charge in [0.25, 0.3) is 5.91 Å². The average molecular weight is 371 g/mol. The number of ether oxygens (including phenoxy) is 1. The summed E-state index contributed by atoms with van der Waals surface area (Å²) in [5.74, 6) is -0.441. The summed E-state index contributed by atoms with van der Waals surface area (Å²) in [6.07, 6.45) is 0. The maximum absolute atomic E-state index is 12.7.